The lowest BCUT2D eigenvalue weighted by Crippen LogP contribution is -2.42. The number of carbonyl (C=O) groups is 2. The van der Waals surface area contributed by atoms with Gasteiger partial charge in [-0.05, 0) is 49.1 Å². The Morgan fingerprint density at radius 3 is 2.54 bits per heavy atom. The Kier molecular flexibility index (Phi) is 3.86. The molecule has 124 valence electrons. The highest BCUT2D eigenvalue weighted by molar-refractivity contribution is 7.17. The second kappa shape index (κ2) is 6.03. The van der Waals surface area contributed by atoms with Crippen LogP contribution in [0.1, 0.15) is 39.3 Å². The number of nitrogens with two attached hydrogens (primary N) is 1. The molecule has 2 aromatic rings. The van der Waals surface area contributed by atoms with Crippen LogP contribution in [-0.4, -0.2) is 29.9 Å². The summed E-state index contributed by atoms with van der Waals surface area (Å²) in [4.78, 5) is 25.3. The molecule has 6 heteroatoms. The van der Waals surface area contributed by atoms with Gasteiger partial charge < -0.3 is 16.4 Å². The highest BCUT2D eigenvalue weighted by atomic mass is 32.1. The second-order valence-electron chi connectivity index (χ2n) is 6.47. The first kappa shape index (κ1) is 15.4. The summed E-state index contributed by atoms with van der Waals surface area (Å²) >= 11 is 1.46. The fraction of sp³-hybridized carbons (Fsp3) is 0.333. The molecule has 2 aliphatic heterocycles. The van der Waals surface area contributed by atoms with Gasteiger partial charge in [-0.2, -0.15) is 0 Å². The third-order valence-corrected chi connectivity index (χ3v) is 6.03. The molecule has 5 nitrogen and oxygen atoms in total. The van der Waals surface area contributed by atoms with Crippen LogP contribution in [-0.2, 0) is 0 Å². The normalized spacial score (nSPS) is 24.9. The van der Waals surface area contributed by atoms with Crippen molar-refractivity contribution in [2.75, 3.05) is 0 Å². The van der Waals surface area contributed by atoms with Gasteiger partial charge in [-0.3, -0.25) is 9.59 Å². The number of fused-ring (bicyclic) bond motifs is 2. The van der Waals surface area contributed by atoms with Crippen LogP contribution in [0.15, 0.2) is 36.4 Å². The lowest BCUT2D eigenvalue weighted by Gasteiger charge is -2.20. The van der Waals surface area contributed by atoms with E-state index in [9.17, 15) is 9.59 Å². The van der Waals surface area contributed by atoms with E-state index in [0.29, 0.717) is 22.5 Å². The molecule has 2 aliphatic rings. The van der Waals surface area contributed by atoms with Gasteiger partial charge in [0.2, 0.25) is 5.91 Å². The molecule has 2 saturated heterocycles. The van der Waals surface area contributed by atoms with Crippen molar-refractivity contribution in [3.63, 3.8) is 0 Å². The lowest BCUT2D eigenvalue weighted by molar-refractivity contribution is 0.0934. The van der Waals surface area contributed by atoms with Gasteiger partial charge in [0.1, 0.15) is 0 Å². The Morgan fingerprint density at radius 2 is 1.92 bits per heavy atom. The number of rotatable bonds is 4. The molecule has 4 N–H and O–H groups in total. The molecule has 2 amide bonds. The average Bonchev–Trinajstić information content (AvgIpc) is 3.31. The molecule has 0 unspecified atom stereocenters. The van der Waals surface area contributed by atoms with Crippen molar-refractivity contribution in [2.45, 2.75) is 37.4 Å². The summed E-state index contributed by atoms with van der Waals surface area (Å²) in [6.07, 6.45) is 3.40. The van der Waals surface area contributed by atoms with Crippen LogP contribution in [0, 0.1) is 0 Å². The Labute approximate surface area is 144 Å². The fourth-order valence-corrected chi connectivity index (χ4v) is 4.55. The number of hydrogen-bond acceptors (Lipinski definition) is 4. The minimum atomic E-state index is -0.438. The monoisotopic (exact) mass is 341 g/mol. The second-order valence-corrected chi connectivity index (χ2v) is 7.55. The van der Waals surface area contributed by atoms with E-state index in [4.69, 9.17) is 5.73 Å². The van der Waals surface area contributed by atoms with Gasteiger partial charge in [0.25, 0.3) is 5.91 Å². The molecule has 4 rings (SSSR count). The van der Waals surface area contributed by atoms with Gasteiger partial charge >= 0.3 is 0 Å². The maximum atomic E-state index is 12.5. The molecule has 1 aromatic carbocycles. The molecular weight excluding hydrogens is 322 g/mol. The summed E-state index contributed by atoms with van der Waals surface area (Å²) in [7, 11) is 0. The molecule has 2 bridgehead atoms. The minimum Gasteiger partial charge on any atom is -0.366 e. The maximum Gasteiger partial charge on any atom is 0.261 e. The van der Waals surface area contributed by atoms with Crippen LogP contribution in [0.3, 0.4) is 0 Å². The number of primary amides is 1. The highest BCUT2D eigenvalue weighted by Gasteiger charge is 2.39. The Morgan fingerprint density at radius 1 is 1.12 bits per heavy atom. The van der Waals surface area contributed by atoms with Crippen molar-refractivity contribution in [2.24, 2.45) is 5.73 Å². The van der Waals surface area contributed by atoms with Gasteiger partial charge in [0, 0.05) is 28.6 Å². The summed E-state index contributed by atoms with van der Waals surface area (Å²) in [5, 5.41) is 6.69. The van der Waals surface area contributed by atoms with Crippen LogP contribution in [0.25, 0.3) is 10.4 Å². The molecule has 1 aromatic heterocycles. The third-order valence-electron chi connectivity index (χ3n) is 4.90. The SMILES string of the molecule is NC(=O)c1ccc(-c2ccc(C(=O)N[C@@H]3C[C@H]4CC[C@@H]3N4)s2)cc1. The first-order valence-electron chi connectivity index (χ1n) is 8.17. The van der Waals surface area contributed by atoms with Crippen molar-refractivity contribution >= 4 is 23.2 Å². The molecule has 24 heavy (non-hydrogen) atoms. The lowest BCUT2D eigenvalue weighted by atomic mass is 9.95. The van der Waals surface area contributed by atoms with Gasteiger partial charge in [-0.1, -0.05) is 12.1 Å². The third kappa shape index (κ3) is 2.83. The summed E-state index contributed by atoms with van der Waals surface area (Å²) in [6, 6.07) is 12.2. The smallest absolute Gasteiger partial charge is 0.261 e. The molecule has 3 atom stereocenters. The van der Waals surface area contributed by atoms with Crippen LogP contribution in [0.2, 0.25) is 0 Å². The Hall–Kier alpha value is -2.18. The van der Waals surface area contributed by atoms with Gasteiger partial charge in [-0.25, -0.2) is 0 Å². The van der Waals surface area contributed by atoms with Gasteiger partial charge in [0.15, 0.2) is 0 Å². The summed E-state index contributed by atoms with van der Waals surface area (Å²) < 4.78 is 0. The Bertz CT molecular complexity index is 784. The topological polar surface area (TPSA) is 84.2 Å². The van der Waals surface area contributed by atoms with Crippen molar-refractivity contribution in [3.8, 4) is 10.4 Å². The number of benzene rings is 1. The van der Waals surface area contributed by atoms with E-state index in [1.54, 1.807) is 12.1 Å². The number of carbonyl (C=O) groups excluding carboxylic acids is 2. The van der Waals surface area contributed by atoms with Gasteiger partial charge in [0.05, 0.1) is 4.88 Å². The molecule has 2 fully saturated rings. The van der Waals surface area contributed by atoms with Crippen LogP contribution in [0.5, 0.6) is 0 Å². The molecule has 0 radical (unpaired) electrons. The van der Waals surface area contributed by atoms with E-state index in [2.05, 4.69) is 10.6 Å². The fourth-order valence-electron chi connectivity index (χ4n) is 3.64. The van der Waals surface area contributed by atoms with E-state index < -0.39 is 5.91 Å². The van der Waals surface area contributed by atoms with E-state index in [1.807, 2.05) is 24.3 Å². The van der Waals surface area contributed by atoms with Crippen LogP contribution in [0.4, 0.5) is 0 Å². The zero-order valence-corrected chi connectivity index (χ0v) is 13.9. The average molecular weight is 341 g/mol. The van der Waals surface area contributed by atoms with E-state index in [1.165, 1.54) is 17.8 Å². The maximum absolute atomic E-state index is 12.5. The first-order chi connectivity index (χ1) is 11.6. The van der Waals surface area contributed by atoms with Crippen molar-refractivity contribution in [1.82, 2.24) is 10.6 Å². The van der Waals surface area contributed by atoms with Crippen LogP contribution >= 0.6 is 11.3 Å². The quantitative estimate of drug-likeness (QED) is 0.796. The van der Waals surface area contributed by atoms with Crippen molar-refractivity contribution < 1.29 is 9.59 Å². The van der Waals surface area contributed by atoms with E-state index in [-0.39, 0.29) is 11.9 Å². The molecule has 0 spiro atoms. The number of nitrogens with one attached hydrogen (secondary N) is 2. The molecule has 0 saturated carbocycles. The van der Waals surface area contributed by atoms with Crippen molar-refractivity contribution in [1.29, 1.82) is 0 Å². The molecule has 0 aliphatic carbocycles. The number of amides is 2. The highest BCUT2D eigenvalue weighted by Crippen LogP contribution is 2.30. The minimum absolute atomic E-state index is 0.000596. The summed E-state index contributed by atoms with van der Waals surface area (Å²) in [6.45, 7) is 0. The molecular formula is C18H19N3O2S. The number of thiophene rings is 1. The number of hydrogen-bond donors (Lipinski definition) is 3. The Balaban J connectivity index is 1.46. The summed E-state index contributed by atoms with van der Waals surface area (Å²) in [5.74, 6) is -0.438. The van der Waals surface area contributed by atoms with E-state index in [0.717, 1.165) is 23.3 Å². The predicted molar refractivity (Wildman–Crippen MR) is 94.1 cm³/mol. The standard InChI is InChI=1S/C18H19N3O2S/c19-17(22)11-3-1-10(2-4-11)15-7-8-16(24-15)18(23)21-14-9-12-5-6-13(14)20-12/h1-4,7-8,12-14,20H,5-6,9H2,(H2,19,22)(H,21,23)/t12-,13+,14-/m1/s1. The van der Waals surface area contributed by atoms with Crippen molar-refractivity contribution in [3.05, 3.63) is 46.8 Å². The van der Waals surface area contributed by atoms with Crippen LogP contribution < -0.4 is 16.4 Å². The van der Waals surface area contributed by atoms with Gasteiger partial charge in [-0.15, -0.1) is 11.3 Å². The largest absolute Gasteiger partial charge is 0.366 e. The predicted octanol–water partition coefficient (Wildman–Crippen LogP) is 2.14. The molecule has 3 heterocycles. The van der Waals surface area contributed by atoms with E-state index >= 15 is 0 Å². The summed E-state index contributed by atoms with van der Waals surface area (Å²) in [5.41, 5.74) is 6.72. The first-order valence-corrected chi connectivity index (χ1v) is 8.99. The zero-order valence-electron chi connectivity index (χ0n) is 13.1. The zero-order chi connectivity index (χ0) is 16.7.